The van der Waals surface area contributed by atoms with Crippen molar-refractivity contribution < 1.29 is 28.7 Å². The number of carbonyl (C=O) groups is 4. The first-order valence-electron chi connectivity index (χ1n) is 11.8. The summed E-state index contributed by atoms with van der Waals surface area (Å²) in [6, 6.07) is 3.51. The lowest BCUT2D eigenvalue weighted by Crippen LogP contribution is -2.59. The number of hydrogen-bond acceptors (Lipinski definition) is 6. The molecule has 0 saturated heterocycles. The van der Waals surface area contributed by atoms with Crippen LogP contribution in [-0.4, -0.2) is 59.6 Å². The highest BCUT2D eigenvalue weighted by Gasteiger charge is 2.42. The molecule has 0 bridgehead atoms. The molecule has 1 rings (SSSR count). The molecule has 0 aliphatic rings. The van der Waals surface area contributed by atoms with E-state index in [0.29, 0.717) is 12.0 Å². The fourth-order valence-electron chi connectivity index (χ4n) is 3.50. The van der Waals surface area contributed by atoms with E-state index >= 15 is 0 Å². The summed E-state index contributed by atoms with van der Waals surface area (Å²) in [6.07, 6.45) is -0.199. The zero-order chi connectivity index (χ0) is 27.1. The predicted molar refractivity (Wildman–Crippen MR) is 134 cm³/mol. The van der Waals surface area contributed by atoms with Crippen LogP contribution in [0.3, 0.4) is 0 Å². The number of alkyl carbamates (subject to hydrolysis) is 1. The van der Waals surface area contributed by atoms with Gasteiger partial charge in [-0.3, -0.25) is 14.4 Å². The summed E-state index contributed by atoms with van der Waals surface area (Å²) in [5, 5.41) is 5.19. The van der Waals surface area contributed by atoms with Crippen molar-refractivity contribution in [2.75, 3.05) is 13.7 Å². The Morgan fingerprint density at radius 1 is 1.06 bits per heavy atom. The van der Waals surface area contributed by atoms with Crippen LogP contribution in [-0.2, 0) is 23.9 Å². The minimum absolute atomic E-state index is 0.336. The smallest absolute Gasteiger partial charge is 0.408 e. The number of aryl methyl sites for hydroxylation is 1. The summed E-state index contributed by atoms with van der Waals surface area (Å²) in [5.41, 5.74) is 0.930. The van der Waals surface area contributed by atoms with E-state index in [1.54, 1.807) is 33.8 Å². The Bertz CT molecular complexity index is 936. The van der Waals surface area contributed by atoms with Gasteiger partial charge in [0.1, 0.15) is 24.2 Å². The Labute approximate surface area is 208 Å². The standard InChI is InChI=1S/C26H41N3O6/c1-11-26(8,9)29(23(32)18(4)28-24(33)35-25(5,6)7)21(22(31)27-15-20(30)34-10)19-14-12-13-16(2)17(19)3/h12-14,18,21H,11,15H2,1-10H3,(H,27,31)(H,28,33). The number of ether oxygens (including phenoxy) is 2. The van der Waals surface area contributed by atoms with E-state index in [1.165, 1.54) is 12.0 Å². The second kappa shape index (κ2) is 12.0. The summed E-state index contributed by atoms with van der Waals surface area (Å²) in [5.74, 6) is -1.59. The number of carbonyl (C=O) groups excluding carboxylic acids is 4. The van der Waals surface area contributed by atoms with Gasteiger partial charge in [0.25, 0.3) is 0 Å². The molecule has 0 aromatic heterocycles. The van der Waals surface area contributed by atoms with Crippen LogP contribution in [0.1, 0.15) is 77.6 Å². The van der Waals surface area contributed by atoms with Gasteiger partial charge in [-0.2, -0.15) is 0 Å². The topological polar surface area (TPSA) is 114 Å². The molecule has 0 aliphatic carbocycles. The van der Waals surface area contributed by atoms with Crippen molar-refractivity contribution in [1.82, 2.24) is 15.5 Å². The number of nitrogens with zero attached hydrogens (tertiary/aromatic N) is 1. The van der Waals surface area contributed by atoms with Gasteiger partial charge in [0.15, 0.2) is 0 Å². The molecule has 0 spiro atoms. The van der Waals surface area contributed by atoms with Crippen LogP contribution >= 0.6 is 0 Å². The van der Waals surface area contributed by atoms with Crippen molar-refractivity contribution in [3.05, 3.63) is 34.9 Å². The van der Waals surface area contributed by atoms with E-state index < -0.39 is 47.1 Å². The summed E-state index contributed by atoms with van der Waals surface area (Å²) in [6.45, 7) is 15.8. The number of rotatable bonds is 9. The number of methoxy groups -OCH3 is 1. The Hall–Kier alpha value is -3.10. The molecule has 0 radical (unpaired) electrons. The summed E-state index contributed by atoms with van der Waals surface area (Å²) >= 11 is 0. The summed E-state index contributed by atoms with van der Waals surface area (Å²) < 4.78 is 9.95. The molecular weight excluding hydrogens is 450 g/mol. The van der Waals surface area contributed by atoms with Gasteiger partial charge < -0.3 is 25.0 Å². The largest absolute Gasteiger partial charge is 0.468 e. The molecule has 1 aromatic carbocycles. The van der Waals surface area contributed by atoms with Crippen LogP contribution in [0.4, 0.5) is 4.79 Å². The first-order valence-corrected chi connectivity index (χ1v) is 11.8. The molecule has 0 aliphatic heterocycles. The Morgan fingerprint density at radius 3 is 2.17 bits per heavy atom. The van der Waals surface area contributed by atoms with Gasteiger partial charge in [0.2, 0.25) is 11.8 Å². The van der Waals surface area contributed by atoms with Gasteiger partial charge >= 0.3 is 12.1 Å². The highest BCUT2D eigenvalue weighted by atomic mass is 16.6. The maximum absolute atomic E-state index is 13.8. The van der Waals surface area contributed by atoms with Gasteiger partial charge in [-0.25, -0.2) is 4.79 Å². The lowest BCUT2D eigenvalue weighted by Gasteiger charge is -2.44. The van der Waals surface area contributed by atoms with Crippen molar-refractivity contribution in [2.24, 2.45) is 0 Å². The van der Waals surface area contributed by atoms with Gasteiger partial charge in [-0.05, 0) is 78.5 Å². The van der Waals surface area contributed by atoms with E-state index in [2.05, 4.69) is 15.4 Å². The second-order valence-corrected chi connectivity index (χ2v) is 10.2. The minimum Gasteiger partial charge on any atom is -0.468 e. The van der Waals surface area contributed by atoms with Crippen molar-refractivity contribution >= 4 is 23.9 Å². The van der Waals surface area contributed by atoms with Crippen LogP contribution in [0.25, 0.3) is 0 Å². The van der Waals surface area contributed by atoms with Gasteiger partial charge in [0, 0.05) is 5.54 Å². The number of nitrogens with one attached hydrogen (secondary N) is 2. The van der Waals surface area contributed by atoms with Crippen LogP contribution < -0.4 is 10.6 Å². The summed E-state index contributed by atoms with van der Waals surface area (Å²) in [4.78, 5) is 53.0. The monoisotopic (exact) mass is 491 g/mol. The van der Waals surface area contributed by atoms with Crippen LogP contribution in [0.15, 0.2) is 18.2 Å². The number of esters is 1. The fraction of sp³-hybridized carbons (Fsp3) is 0.615. The molecule has 0 saturated carbocycles. The summed E-state index contributed by atoms with van der Waals surface area (Å²) in [7, 11) is 1.23. The molecule has 35 heavy (non-hydrogen) atoms. The highest BCUT2D eigenvalue weighted by molar-refractivity contribution is 5.93. The lowest BCUT2D eigenvalue weighted by atomic mass is 9.89. The quantitative estimate of drug-likeness (QED) is 0.511. The molecule has 196 valence electrons. The normalized spacial score (nSPS) is 13.3. The Balaban J connectivity index is 3.55. The zero-order valence-corrected chi connectivity index (χ0v) is 22.7. The zero-order valence-electron chi connectivity index (χ0n) is 22.7. The maximum atomic E-state index is 13.8. The van der Waals surface area contributed by atoms with Crippen molar-refractivity contribution in [3.63, 3.8) is 0 Å². The first-order chi connectivity index (χ1) is 16.1. The van der Waals surface area contributed by atoms with Crippen molar-refractivity contribution in [1.29, 1.82) is 0 Å². The second-order valence-electron chi connectivity index (χ2n) is 10.2. The van der Waals surface area contributed by atoms with Crippen LogP contribution in [0.5, 0.6) is 0 Å². The molecule has 0 heterocycles. The van der Waals surface area contributed by atoms with Gasteiger partial charge in [0.05, 0.1) is 7.11 Å². The third kappa shape index (κ3) is 8.26. The molecule has 2 N–H and O–H groups in total. The minimum atomic E-state index is -1.05. The predicted octanol–water partition coefficient (Wildman–Crippen LogP) is 3.56. The third-order valence-corrected chi connectivity index (χ3v) is 5.94. The van der Waals surface area contributed by atoms with E-state index in [0.717, 1.165) is 11.1 Å². The average molecular weight is 492 g/mol. The maximum Gasteiger partial charge on any atom is 0.408 e. The average Bonchev–Trinajstić information content (AvgIpc) is 2.75. The molecule has 2 atom stereocenters. The van der Waals surface area contributed by atoms with Gasteiger partial charge in [-0.15, -0.1) is 0 Å². The molecule has 2 unspecified atom stereocenters. The molecule has 3 amide bonds. The van der Waals surface area contributed by atoms with Crippen molar-refractivity contribution in [2.45, 2.75) is 92.0 Å². The van der Waals surface area contributed by atoms with E-state index in [9.17, 15) is 19.2 Å². The molecule has 9 heteroatoms. The Kier molecular flexibility index (Phi) is 10.3. The third-order valence-electron chi connectivity index (χ3n) is 5.94. The van der Waals surface area contributed by atoms with Gasteiger partial charge in [-0.1, -0.05) is 25.1 Å². The SMILES string of the molecule is CCC(C)(C)N(C(=O)C(C)NC(=O)OC(C)(C)C)C(C(=O)NCC(=O)OC)c1cccc(C)c1C. The van der Waals surface area contributed by atoms with E-state index in [-0.39, 0.29) is 6.54 Å². The van der Waals surface area contributed by atoms with E-state index in [4.69, 9.17) is 4.74 Å². The van der Waals surface area contributed by atoms with E-state index in [1.807, 2.05) is 46.8 Å². The number of amides is 3. The highest BCUT2D eigenvalue weighted by Crippen LogP contribution is 2.34. The lowest BCUT2D eigenvalue weighted by molar-refractivity contribution is -0.149. The number of benzene rings is 1. The number of hydrogen-bond donors (Lipinski definition) is 2. The first kappa shape index (κ1) is 29.9. The molecular formula is C26H41N3O6. The Morgan fingerprint density at radius 2 is 1.66 bits per heavy atom. The molecule has 1 aromatic rings. The van der Waals surface area contributed by atoms with Crippen LogP contribution in [0, 0.1) is 13.8 Å². The molecule has 9 nitrogen and oxygen atoms in total. The van der Waals surface area contributed by atoms with Crippen LogP contribution in [0.2, 0.25) is 0 Å². The fourth-order valence-corrected chi connectivity index (χ4v) is 3.50. The van der Waals surface area contributed by atoms with Crippen molar-refractivity contribution in [3.8, 4) is 0 Å². The molecule has 0 fully saturated rings.